The van der Waals surface area contributed by atoms with Gasteiger partial charge in [0.05, 0.1) is 5.92 Å². The number of hydrogen-bond donors (Lipinski definition) is 2. The van der Waals surface area contributed by atoms with Crippen LogP contribution in [-0.2, 0) is 11.2 Å². The van der Waals surface area contributed by atoms with E-state index >= 15 is 0 Å². The zero-order valence-corrected chi connectivity index (χ0v) is 15.9. The Morgan fingerprint density at radius 2 is 1.96 bits per heavy atom. The van der Waals surface area contributed by atoms with Crippen LogP contribution in [0.1, 0.15) is 28.8 Å². The summed E-state index contributed by atoms with van der Waals surface area (Å²) in [7, 11) is 0. The summed E-state index contributed by atoms with van der Waals surface area (Å²) in [5, 5.41) is 6.22. The van der Waals surface area contributed by atoms with Crippen LogP contribution in [0, 0.1) is 5.92 Å². The van der Waals surface area contributed by atoms with Gasteiger partial charge in [-0.1, -0.05) is 24.3 Å². The van der Waals surface area contributed by atoms with Crippen molar-refractivity contribution in [1.82, 2.24) is 5.32 Å². The Hall–Kier alpha value is -2.37. The lowest BCUT2D eigenvalue weighted by molar-refractivity contribution is -0.120. The van der Waals surface area contributed by atoms with Gasteiger partial charge in [-0.25, -0.2) is 0 Å². The average Bonchev–Trinajstić information content (AvgIpc) is 3.12. The molecule has 1 atom stereocenters. The molecule has 27 heavy (non-hydrogen) atoms. The van der Waals surface area contributed by atoms with Crippen LogP contribution >= 0.6 is 12.4 Å². The topological polar surface area (TPSA) is 61.4 Å². The van der Waals surface area contributed by atoms with E-state index in [1.165, 1.54) is 5.56 Å². The molecular weight excluding hydrogens is 362 g/mol. The Morgan fingerprint density at radius 1 is 1.11 bits per heavy atom. The summed E-state index contributed by atoms with van der Waals surface area (Å²) in [6.45, 7) is 2.39. The molecule has 0 aliphatic carbocycles. The summed E-state index contributed by atoms with van der Waals surface area (Å²) >= 11 is 0. The number of hydrogen-bond acceptors (Lipinski definition) is 3. The molecule has 1 fully saturated rings. The maximum atomic E-state index is 13.0. The fraction of sp³-hybridized carbons (Fsp3) is 0.333. The first-order chi connectivity index (χ1) is 12.7. The molecule has 1 unspecified atom stereocenters. The second-order valence-corrected chi connectivity index (χ2v) is 6.95. The van der Waals surface area contributed by atoms with E-state index in [1.807, 2.05) is 35.2 Å². The van der Waals surface area contributed by atoms with Gasteiger partial charge >= 0.3 is 0 Å². The van der Waals surface area contributed by atoms with E-state index in [2.05, 4.69) is 16.7 Å². The van der Waals surface area contributed by atoms with E-state index in [9.17, 15) is 9.59 Å². The quantitative estimate of drug-likeness (QED) is 0.852. The Kier molecular flexibility index (Phi) is 6.14. The van der Waals surface area contributed by atoms with E-state index in [1.54, 1.807) is 12.1 Å². The minimum Gasteiger partial charge on any atom is -0.326 e. The molecule has 0 aromatic heterocycles. The monoisotopic (exact) mass is 385 g/mol. The summed E-state index contributed by atoms with van der Waals surface area (Å²) in [5.41, 5.74) is 3.47. The van der Waals surface area contributed by atoms with Crippen molar-refractivity contribution in [3.05, 3.63) is 59.7 Å². The molecule has 142 valence electrons. The number of amides is 2. The number of carbonyl (C=O) groups excluding carboxylic acids is 2. The lowest BCUT2D eigenvalue weighted by atomic mass is 9.98. The summed E-state index contributed by atoms with van der Waals surface area (Å²) in [4.78, 5) is 27.2. The highest BCUT2D eigenvalue weighted by atomic mass is 35.5. The van der Waals surface area contributed by atoms with E-state index in [-0.39, 0.29) is 30.1 Å². The number of benzene rings is 2. The molecule has 2 aromatic carbocycles. The van der Waals surface area contributed by atoms with Crippen LogP contribution in [0.2, 0.25) is 0 Å². The molecule has 6 heteroatoms. The van der Waals surface area contributed by atoms with Crippen LogP contribution in [0.25, 0.3) is 0 Å². The summed E-state index contributed by atoms with van der Waals surface area (Å²) in [6.07, 6.45) is 2.81. The number of nitrogens with one attached hydrogen (secondary N) is 2. The van der Waals surface area contributed by atoms with Gasteiger partial charge in [0.1, 0.15) is 0 Å². The number of para-hydroxylation sites is 1. The SMILES string of the molecule is Cl.O=C(Nc1cccc(C(=O)N2CCc3ccccc32)c1)C1CCCNC1. The number of nitrogens with zero attached hydrogens (tertiary/aromatic N) is 1. The van der Waals surface area contributed by atoms with Crippen molar-refractivity contribution in [2.24, 2.45) is 5.92 Å². The van der Waals surface area contributed by atoms with Gasteiger partial charge in [0.15, 0.2) is 0 Å². The molecular formula is C21H24ClN3O2. The van der Waals surface area contributed by atoms with E-state index in [0.29, 0.717) is 17.8 Å². The van der Waals surface area contributed by atoms with Crippen LogP contribution < -0.4 is 15.5 Å². The Balaban J connectivity index is 0.00000210. The van der Waals surface area contributed by atoms with Crippen molar-refractivity contribution in [1.29, 1.82) is 0 Å². The normalized spacial score (nSPS) is 18.4. The van der Waals surface area contributed by atoms with Gasteiger partial charge < -0.3 is 15.5 Å². The smallest absolute Gasteiger partial charge is 0.258 e. The van der Waals surface area contributed by atoms with Gasteiger partial charge in [0, 0.05) is 30.0 Å². The molecule has 2 N–H and O–H groups in total. The number of anilines is 2. The van der Waals surface area contributed by atoms with Crippen molar-refractivity contribution < 1.29 is 9.59 Å². The third kappa shape index (κ3) is 4.15. The fourth-order valence-corrected chi connectivity index (χ4v) is 3.75. The first-order valence-electron chi connectivity index (χ1n) is 9.24. The number of carbonyl (C=O) groups is 2. The summed E-state index contributed by atoms with van der Waals surface area (Å²) in [5.74, 6) is -0.00716. The zero-order chi connectivity index (χ0) is 17.9. The van der Waals surface area contributed by atoms with E-state index in [0.717, 1.165) is 38.0 Å². The van der Waals surface area contributed by atoms with Gasteiger partial charge in [-0.3, -0.25) is 9.59 Å². The molecule has 2 amide bonds. The fourth-order valence-electron chi connectivity index (χ4n) is 3.75. The van der Waals surface area contributed by atoms with Crippen LogP contribution in [0.15, 0.2) is 48.5 Å². The second-order valence-electron chi connectivity index (χ2n) is 6.95. The van der Waals surface area contributed by atoms with E-state index < -0.39 is 0 Å². The maximum absolute atomic E-state index is 13.0. The molecule has 4 rings (SSSR count). The maximum Gasteiger partial charge on any atom is 0.258 e. The number of halogens is 1. The molecule has 2 aliphatic rings. The van der Waals surface area contributed by atoms with Gasteiger partial charge in [-0.2, -0.15) is 0 Å². The molecule has 0 spiro atoms. The van der Waals surface area contributed by atoms with Crippen molar-refractivity contribution in [3.63, 3.8) is 0 Å². The minimum atomic E-state index is -0.0228. The van der Waals surface area contributed by atoms with Gasteiger partial charge in [0.2, 0.25) is 5.91 Å². The number of rotatable bonds is 3. The highest BCUT2D eigenvalue weighted by Crippen LogP contribution is 2.29. The first kappa shape index (κ1) is 19.4. The van der Waals surface area contributed by atoms with Gasteiger partial charge in [-0.05, 0) is 55.6 Å². The Labute approximate surface area is 165 Å². The highest BCUT2D eigenvalue weighted by molar-refractivity contribution is 6.08. The van der Waals surface area contributed by atoms with Gasteiger partial charge in [0.25, 0.3) is 5.91 Å². The van der Waals surface area contributed by atoms with Crippen LogP contribution in [0.3, 0.4) is 0 Å². The standard InChI is InChI=1S/C21H23N3O2.ClH/c25-20(17-7-4-11-22-14-17)23-18-8-3-6-16(13-18)21(26)24-12-10-15-5-1-2-9-19(15)24;/h1-3,5-6,8-9,13,17,22H,4,7,10-12,14H2,(H,23,25);1H. The molecule has 2 heterocycles. The van der Waals surface area contributed by atoms with Crippen molar-refractivity contribution in [3.8, 4) is 0 Å². The predicted octanol–water partition coefficient (Wildman–Crippen LogP) is 3.25. The molecule has 1 saturated heterocycles. The molecule has 0 saturated carbocycles. The second kappa shape index (κ2) is 8.55. The van der Waals surface area contributed by atoms with Crippen LogP contribution in [-0.4, -0.2) is 31.4 Å². The van der Waals surface area contributed by atoms with Crippen molar-refractivity contribution in [2.75, 3.05) is 29.9 Å². The lowest BCUT2D eigenvalue weighted by Gasteiger charge is -2.22. The molecule has 2 aliphatic heterocycles. The third-order valence-electron chi connectivity index (χ3n) is 5.18. The zero-order valence-electron chi connectivity index (χ0n) is 15.1. The summed E-state index contributed by atoms with van der Waals surface area (Å²) < 4.78 is 0. The molecule has 2 aromatic rings. The first-order valence-corrected chi connectivity index (χ1v) is 9.24. The average molecular weight is 386 g/mol. The van der Waals surface area contributed by atoms with Crippen molar-refractivity contribution >= 4 is 35.6 Å². The lowest BCUT2D eigenvalue weighted by Crippen LogP contribution is -2.37. The Morgan fingerprint density at radius 3 is 2.78 bits per heavy atom. The molecule has 5 nitrogen and oxygen atoms in total. The van der Waals surface area contributed by atoms with Gasteiger partial charge in [-0.15, -0.1) is 12.4 Å². The third-order valence-corrected chi connectivity index (χ3v) is 5.18. The minimum absolute atomic E-state index is 0. The summed E-state index contributed by atoms with van der Waals surface area (Å²) in [6, 6.07) is 15.3. The largest absolute Gasteiger partial charge is 0.326 e. The van der Waals surface area contributed by atoms with Crippen LogP contribution in [0.4, 0.5) is 11.4 Å². The molecule has 0 bridgehead atoms. The predicted molar refractivity (Wildman–Crippen MR) is 110 cm³/mol. The molecule has 0 radical (unpaired) electrons. The highest BCUT2D eigenvalue weighted by Gasteiger charge is 2.25. The van der Waals surface area contributed by atoms with Crippen LogP contribution in [0.5, 0.6) is 0 Å². The van der Waals surface area contributed by atoms with E-state index in [4.69, 9.17) is 0 Å². The number of piperidine rings is 1. The van der Waals surface area contributed by atoms with Crippen molar-refractivity contribution in [2.45, 2.75) is 19.3 Å². The number of fused-ring (bicyclic) bond motifs is 1. The Bertz CT molecular complexity index is 834.